The molecule has 1 aromatic rings. The zero-order valence-corrected chi connectivity index (χ0v) is 14.6. The van der Waals surface area contributed by atoms with Gasteiger partial charge in [0.15, 0.2) is 5.76 Å². The van der Waals surface area contributed by atoms with Crippen molar-refractivity contribution < 1.29 is 30.9 Å². The zero-order valence-electron chi connectivity index (χ0n) is 13.8. The van der Waals surface area contributed by atoms with Crippen LogP contribution in [0.15, 0.2) is 9.42 Å². The molecule has 8 nitrogen and oxygen atoms in total. The number of urea groups is 1. The topological polar surface area (TPSA) is 95.8 Å². The van der Waals surface area contributed by atoms with Crippen LogP contribution >= 0.6 is 0 Å². The molecular formula is C13H19F3N4O4S. The molecule has 2 rings (SSSR count). The molecule has 1 aromatic heterocycles. The van der Waals surface area contributed by atoms with Crippen molar-refractivity contribution in [2.45, 2.75) is 31.3 Å². The predicted molar refractivity (Wildman–Crippen MR) is 80.4 cm³/mol. The van der Waals surface area contributed by atoms with Gasteiger partial charge in [-0.15, -0.1) is 0 Å². The molecule has 0 spiro atoms. The molecule has 1 fully saturated rings. The summed E-state index contributed by atoms with van der Waals surface area (Å²) in [5.74, 6) is 0.168. The lowest BCUT2D eigenvalue weighted by atomic mass is 10.4. The molecule has 0 unspecified atom stereocenters. The van der Waals surface area contributed by atoms with Crippen molar-refractivity contribution in [2.75, 3.05) is 32.7 Å². The van der Waals surface area contributed by atoms with E-state index in [0.29, 0.717) is 6.42 Å². The van der Waals surface area contributed by atoms with Crippen molar-refractivity contribution in [1.82, 2.24) is 19.7 Å². The molecule has 0 saturated carbocycles. The summed E-state index contributed by atoms with van der Waals surface area (Å²) in [4.78, 5) is 13.0. The monoisotopic (exact) mass is 384 g/mol. The van der Waals surface area contributed by atoms with E-state index in [4.69, 9.17) is 4.52 Å². The van der Waals surface area contributed by atoms with E-state index in [-0.39, 0.29) is 42.5 Å². The van der Waals surface area contributed by atoms with Gasteiger partial charge in [-0.2, -0.15) is 17.5 Å². The minimum atomic E-state index is -4.50. The minimum Gasteiger partial charge on any atom is -0.360 e. The van der Waals surface area contributed by atoms with E-state index in [1.54, 1.807) is 5.32 Å². The summed E-state index contributed by atoms with van der Waals surface area (Å²) in [6.45, 7) is 1.86. The number of carbonyl (C=O) groups is 1. The highest BCUT2D eigenvalue weighted by atomic mass is 32.2. The Morgan fingerprint density at radius 3 is 2.48 bits per heavy atom. The van der Waals surface area contributed by atoms with Crippen LogP contribution in [0.5, 0.6) is 0 Å². The fraction of sp³-hybridized carbons (Fsp3) is 0.692. The van der Waals surface area contributed by atoms with Crippen LogP contribution in [-0.4, -0.2) is 67.7 Å². The van der Waals surface area contributed by atoms with Crippen LogP contribution in [0.4, 0.5) is 18.0 Å². The van der Waals surface area contributed by atoms with Crippen molar-refractivity contribution in [3.05, 3.63) is 11.5 Å². The number of alkyl halides is 3. The van der Waals surface area contributed by atoms with E-state index >= 15 is 0 Å². The lowest BCUT2D eigenvalue weighted by Crippen LogP contribution is -2.45. The fourth-order valence-corrected chi connectivity index (χ4v) is 4.36. The van der Waals surface area contributed by atoms with Crippen molar-refractivity contribution in [3.8, 4) is 0 Å². The van der Waals surface area contributed by atoms with Crippen LogP contribution in [-0.2, 0) is 10.0 Å². The van der Waals surface area contributed by atoms with E-state index in [1.807, 2.05) is 0 Å². The van der Waals surface area contributed by atoms with Crippen molar-refractivity contribution in [2.24, 2.45) is 0 Å². The maximum Gasteiger partial charge on any atom is 0.405 e. The molecule has 12 heteroatoms. The SMILES string of the molecule is Cc1noc(C)c1S(=O)(=O)N1CCCN(C(=O)NCC(F)(F)F)CC1. The second-order valence-corrected chi connectivity index (χ2v) is 7.55. The number of amides is 2. The van der Waals surface area contributed by atoms with Gasteiger partial charge in [-0.05, 0) is 20.3 Å². The van der Waals surface area contributed by atoms with Crippen LogP contribution in [0, 0.1) is 13.8 Å². The number of hydrogen-bond donors (Lipinski definition) is 1. The van der Waals surface area contributed by atoms with Gasteiger partial charge in [-0.1, -0.05) is 5.16 Å². The summed E-state index contributed by atoms with van der Waals surface area (Å²) < 4.78 is 68.1. The first-order chi connectivity index (χ1) is 11.5. The first-order valence-corrected chi connectivity index (χ1v) is 8.99. The van der Waals surface area contributed by atoms with Crippen LogP contribution < -0.4 is 5.32 Å². The Hall–Kier alpha value is -1.82. The Morgan fingerprint density at radius 1 is 1.24 bits per heavy atom. The van der Waals surface area contributed by atoms with E-state index in [1.165, 1.54) is 23.1 Å². The predicted octanol–water partition coefficient (Wildman–Crippen LogP) is 1.26. The Kier molecular flexibility index (Phi) is 5.62. The Labute approximate surface area is 143 Å². The second-order valence-electron chi connectivity index (χ2n) is 5.67. The third-order valence-corrected chi connectivity index (χ3v) is 5.89. The molecule has 1 N–H and O–H groups in total. The minimum absolute atomic E-state index is 0.00764. The maximum absolute atomic E-state index is 12.7. The smallest absolute Gasteiger partial charge is 0.360 e. The fourth-order valence-electron chi connectivity index (χ4n) is 2.60. The van der Waals surface area contributed by atoms with Crippen LogP contribution in [0.1, 0.15) is 17.9 Å². The Bertz CT molecular complexity index is 713. The van der Waals surface area contributed by atoms with Gasteiger partial charge >= 0.3 is 12.2 Å². The van der Waals surface area contributed by atoms with Gasteiger partial charge < -0.3 is 14.7 Å². The number of nitrogens with zero attached hydrogens (tertiary/aromatic N) is 3. The van der Waals surface area contributed by atoms with Gasteiger partial charge in [0.2, 0.25) is 10.0 Å². The number of aromatic nitrogens is 1. The average molecular weight is 384 g/mol. The normalized spacial score (nSPS) is 17.4. The summed E-state index contributed by atoms with van der Waals surface area (Å²) in [6, 6.07) is -0.867. The van der Waals surface area contributed by atoms with Crippen LogP contribution in [0.3, 0.4) is 0 Å². The molecule has 2 amide bonds. The third kappa shape index (κ3) is 4.63. The number of sulfonamides is 1. The van der Waals surface area contributed by atoms with Crippen LogP contribution in [0.2, 0.25) is 0 Å². The summed E-state index contributed by atoms with van der Waals surface area (Å²) in [5.41, 5.74) is 0.238. The number of aryl methyl sites for hydroxylation is 2. The van der Waals surface area contributed by atoms with Crippen molar-refractivity contribution in [3.63, 3.8) is 0 Å². The number of hydrogen-bond acceptors (Lipinski definition) is 5. The molecule has 0 aliphatic carbocycles. The van der Waals surface area contributed by atoms with Gasteiger partial charge in [-0.25, -0.2) is 13.2 Å². The number of carbonyl (C=O) groups excluding carboxylic acids is 1. The van der Waals surface area contributed by atoms with Gasteiger partial charge in [0.05, 0.1) is 0 Å². The number of rotatable bonds is 3. The third-order valence-electron chi connectivity index (χ3n) is 3.75. The lowest BCUT2D eigenvalue weighted by Gasteiger charge is -2.22. The summed E-state index contributed by atoms with van der Waals surface area (Å²) in [7, 11) is -3.85. The molecule has 0 bridgehead atoms. The molecule has 1 aliphatic rings. The molecule has 1 aliphatic heterocycles. The molecule has 1 saturated heterocycles. The van der Waals surface area contributed by atoms with Crippen molar-refractivity contribution >= 4 is 16.1 Å². The van der Waals surface area contributed by atoms with E-state index in [2.05, 4.69) is 5.16 Å². The molecule has 25 heavy (non-hydrogen) atoms. The highest BCUT2D eigenvalue weighted by Gasteiger charge is 2.33. The summed E-state index contributed by atoms with van der Waals surface area (Å²) in [6.07, 6.45) is -4.19. The molecule has 0 aromatic carbocycles. The molecular weight excluding hydrogens is 365 g/mol. The quantitative estimate of drug-likeness (QED) is 0.847. The van der Waals surface area contributed by atoms with Crippen LogP contribution in [0.25, 0.3) is 0 Å². The molecule has 0 radical (unpaired) electrons. The zero-order chi connectivity index (χ0) is 18.8. The summed E-state index contributed by atoms with van der Waals surface area (Å²) >= 11 is 0. The highest BCUT2D eigenvalue weighted by Crippen LogP contribution is 2.24. The number of halogens is 3. The molecule has 142 valence electrons. The number of nitrogens with one attached hydrogen (secondary N) is 1. The van der Waals surface area contributed by atoms with Crippen molar-refractivity contribution in [1.29, 1.82) is 0 Å². The standard InChI is InChI=1S/C13H19F3N4O4S/c1-9-11(10(2)24-18-9)25(22,23)20-5-3-4-19(6-7-20)12(21)17-8-13(14,15)16/h3-8H2,1-2H3,(H,17,21). The van der Waals surface area contributed by atoms with E-state index in [0.717, 1.165) is 0 Å². The Balaban J connectivity index is 2.05. The lowest BCUT2D eigenvalue weighted by molar-refractivity contribution is -0.123. The highest BCUT2D eigenvalue weighted by molar-refractivity contribution is 7.89. The molecule has 0 atom stereocenters. The second kappa shape index (κ2) is 7.20. The van der Waals surface area contributed by atoms with E-state index < -0.39 is 28.8 Å². The Morgan fingerprint density at radius 2 is 1.92 bits per heavy atom. The average Bonchev–Trinajstić information content (AvgIpc) is 2.73. The summed E-state index contributed by atoms with van der Waals surface area (Å²) in [5, 5.41) is 5.42. The van der Waals surface area contributed by atoms with Gasteiger partial charge in [-0.3, -0.25) is 0 Å². The van der Waals surface area contributed by atoms with Gasteiger partial charge in [0, 0.05) is 26.2 Å². The first-order valence-electron chi connectivity index (χ1n) is 7.55. The van der Waals surface area contributed by atoms with E-state index in [9.17, 15) is 26.4 Å². The maximum atomic E-state index is 12.7. The molecule has 2 heterocycles. The largest absolute Gasteiger partial charge is 0.405 e. The first kappa shape index (κ1) is 19.5. The van der Waals surface area contributed by atoms with Gasteiger partial charge in [0.1, 0.15) is 17.1 Å². The van der Waals surface area contributed by atoms with Gasteiger partial charge in [0.25, 0.3) is 0 Å².